The van der Waals surface area contributed by atoms with Gasteiger partial charge in [0.05, 0.1) is 18.4 Å². The van der Waals surface area contributed by atoms with E-state index in [9.17, 15) is 4.79 Å². The number of hydrogen-bond acceptors (Lipinski definition) is 4. The second kappa shape index (κ2) is 7.56. The van der Waals surface area contributed by atoms with Crippen LogP contribution in [0.15, 0.2) is 6.20 Å². The van der Waals surface area contributed by atoms with E-state index in [-0.39, 0.29) is 5.60 Å². The molecule has 7 heteroatoms. The number of likely N-dealkylation sites (N-methyl/N-ethyl adjacent to an activating group) is 1. The molecule has 1 aliphatic heterocycles. The van der Waals surface area contributed by atoms with Crippen molar-refractivity contribution in [3.63, 3.8) is 0 Å². The standard InChI is InChI=1S/C19H32N4O3/c1-18(2)12-19(26-13-18)6-4-14(5-7-19)16-15(11-21-22-16)10-20-8-9-23(3)17(24)25/h11,14,20H,4-10,12-13H2,1-3H3,(H,21,22)(H,24,25). The third-order valence-electron chi connectivity index (χ3n) is 5.89. The van der Waals surface area contributed by atoms with Gasteiger partial charge in [0.25, 0.3) is 0 Å². The molecular weight excluding hydrogens is 332 g/mol. The lowest BCUT2D eigenvalue weighted by atomic mass is 9.72. The Morgan fingerprint density at radius 1 is 1.46 bits per heavy atom. The molecule has 3 rings (SSSR count). The summed E-state index contributed by atoms with van der Waals surface area (Å²) >= 11 is 0. The molecule has 2 fully saturated rings. The van der Waals surface area contributed by atoms with Crippen LogP contribution in [0.1, 0.15) is 63.1 Å². The van der Waals surface area contributed by atoms with Gasteiger partial charge in [-0.05, 0) is 37.5 Å². The number of amides is 1. The maximum absolute atomic E-state index is 10.8. The van der Waals surface area contributed by atoms with E-state index in [2.05, 4.69) is 29.4 Å². The smallest absolute Gasteiger partial charge is 0.407 e. The van der Waals surface area contributed by atoms with Crippen molar-refractivity contribution in [2.45, 2.75) is 64.0 Å². The Hall–Kier alpha value is -1.60. The number of ether oxygens (including phenoxy) is 1. The zero-order valence-electron chi connectivity index (χ0n) is 16.2. The Labute approximate surface area is 155 Å². The van der Waals surface area contributed by atoms with Crippen molar-refractivity contribution in [2.24, 2.45) is 5.41 Å². The summed E-state index contributed by atoms with van der Waals surface area (Å²) in [4.78, 5) is 12.1. The van der Waals surface area contributed by atoms with Crippen LogP contribution >= 0.6 is 0 Å². The Kier molecular flexibility index (Phi) is 5.58. The predicted octanol–water partition coefficient (Wildman–Crippen LogP) is 2.95. The van der Waals surface area contributed by atoms with Gasteiger partial charge in [0.2, 0.25) is 0 Å². The summed E-state index contributed by atoms with van der Waals surface area (Å²) in [6, 6.07) is 0. The van der Waals surface area contributed by atoms with Crippen LogP contribution in [-0.4, -0.2) is 58.6 Å². The zero-order valence-corrected chi connectivity index (χ0v) is 16.2. The Bertz CT molecular complexity index is 620. The molecule has 1 spiro atoms. The molecule has 7 nitrogen and oxygen atoms in total. The Balaban J connectivity index is 1.49. The van der Waals surface area contributed by atoms with E-state index in [0.717, 1.165) is 32.3 Å². The summed E-state index contributed by atoms with van der Waals surface area (Å²) < 4.78 is 6.22. The molecule has 2 heterocycles. The van der Waals surface area contributed by atoms with E-state index in [1.54, 1.807) is 7.05 Å². The first-order chi connectivity index (χ1) is 12.3. The van der Waals surface area contributed by atoms with Gasteiger partial charge >= 0.3 is 6.09 Å². The normalized spacial score (nSPS) is 27.7. The van der Waals surface area contributed by atoms with Crippen molar-refractivity contribution in [3.05, 3.63) is 17.5 Å². The van der Waals surface area contributed by atoms with Crippen LogP contribution in [0, 0.1) is 5.41 Å². The van der Waals surface area contributed by atoms with Crippen LogP contribution in [0.4, 0.5) is 4.79 Å². The first kappa shape index (κ1) is 19.2. The van der Waals surface area contributed by atoms with Gasteiger partial charge in [0, 0.05) is 43.9 Å². The van der Waals surface area contributed by atoms with Crippen LogP contribution in [-0.2, 0) is 11.3 Å². The van der Waals surface area contributed by atoms with Crippen LogP contribution < -0.4 is 5.32 Å². The number of carboxylic acid groups (broad SMARTS) is 1. The largest absolute Gasteiger partial charge is 0.465 e. The van der Waals surface area contributed by atoms with Crippen molar-refractivity contribution < 1.29 is 14.6 Å². The van der Waals surface area contributed by atoms with Crippen molar-refractivity contribution in [3.8, 4) is 0 Å². The molecule has 1 aliphatic carbocycles. The fraction of sp³-hybridized carbons (Fsp3) is 0.789. The first-order valence-corrected chi connectivity index (χ1v) is 9.61. The lowest BCUT2D eigenvalue weighted by Crippen LogP contribution is -2.34. The molecule has 0 bridgehead atoms. The van der Waals surface area contributed by atoms with Crippen molar-refractivity contribution >= 4 is 6.09 Å². The van der Waals surface area contributed by atoms with Gasteiger partial charge in [-0.2, -0.15) is 5.10 Å². The van der Waals surface area contributed by atoms with Gasteiger partial charge in [-0.25, -0.2) is 4.79 Å². The highest BCUT2D eigenvalue weighted by Crippen LogP contribution is 2.49. The number of H-pyrrole nitrogens is 1. The van der Waals surface area contributed by atoms with Gasteiger partial charge in [-0.15, -0.1) is 0 Å². The van der Waals surface area contributed by atoms with E-state index in [1.807, 2.05) is 6.20 Å². The van der Waals surface area contributed by atoms with E-state index in [1.165, 1.54) is 22.6 Å². The predicted molar refractivity (Wildman–Crippen MR) is 99.2 cm³/mol. The highest BCUT2D eigenvalue weighted by atomic mass is 16.5. The summed E-state index contributed by atoms with van der Waals surface area (Å²) in [6.07, 6.45) is 6.67. The minimum atomic E-state index is -0.899. The van der Waals surface area contributed by atoms with E-state index < -0.39 is 6.09 Å². The SMILES string of the molecule is CN(CCNCc1cn[nH]c1C1CCC2(CC1)CC(C)(C)CO2)C(=O)O. The number of nitrogens with zero attached hydrogens (tertiary/aromatic N) is 2. The Morgan fingerprint density at radius 2 is 2.19 bits per heavy atom. The molecule has 0 aromatic carbocycles. The highest BCUT2D eigenvalue weighted by Gasteiger charge is 2.46. The van der Waals surface area contributed by atoms with Gasteiger partial charge < -0.3 is 20.1 Å². The third-order valence-corrected chi connectivity index (χ3v) is 5.89. The number of aromatic amines is 1. The summed E-state index contributed by atoms with van der Waals surface area (Å²) in [6.45, 7) is 7.29. The maximum Gasteiger partial charge on any atom is 0.407 e. The molecule has 1 aromatic heterocycles. The molecule has 0 radical (unpaired) electrons. The molecule has 0 atom stereocenters. The summed E-state index contributed by atoms with van der Waals surface area (Å²) in [5.41, 5.74) is 2.83. The molecular formula is C19H32N4O3. The highest BCUT2D eigenvalue weighted by molar-refractivity contribution is 5.64. The number of carbonyl (C=O) groups is 1. The topological polar surface area (TPSA) is 90.5 Å². The fourth-order valence-corrected chi connectivity index (χ4v) is 4.46. The molecule has 1 aromatic rings. The van der Waals surface area contributed by atoms with Crippen LogP contribution in [0.3, 0.4) is 0 Å². The Morgan fingerprint density at radius 3 is 2.81 bits per heavy atom. The summed E-state index contributed by atoms with van der Waals surface area (Å²) in [5, 5.41) is 19.6. The molecule has 1 saturated heterocycles. The second-order valence-corrected chi connectivity index (χ2v) is 8.78. The number of rotatable bonds is 6. The maximum atomic E-state index is 10.8. The van der Waals surface area contributed by atoms with Gasteiger partial charge in [0.1, 0.15) is 0 Å². The number of hydrogen-bond donors (Lipinski definition) is 3. The minimum absolute atomic E-state index is 0.0971. The van der Waals surface area contributed by atoms with Crippen molar-refractivity contribution in [2.75, 3.05) is 26.7 Å². The number of nitrogens with one attached hydrogen (secondary N) is 2. The molecule has 146 valence electrons. The monoisotopic (exact) mass is 364 g/mol. The van der Waals surface area contributed by atoms with Gasteiger partial charge in [-0.1, -0.05) is 13.8 Å². The van der Waals surface area contributed by atoms with Crippen molar-refractivity contribution in [1.82, 2.24) is 20.4 Å². The van der Waals surface area contributed by atoms with Gasteiger partial charge in [-0.3, -0.25) is 5.10 Å². The van der Waals surface area contributed by atoms with E-state index >= 15 is 0 Å². The molecule has 1 saturated carbocycles. The molecule has 3 N–H and O–H groups in total. The minimum Gasteiger partial charge on any atom is -0.465 e. The fourth-order valence-electron chi connectivity index (χ4n) is 4.46. The van der Waals surface area contributed by atoms with Crippen LogP contribution in [0.5, 0.6) is 0 Å². The van der Waals surface area contributed by atoms with E-state index in [0.29, 0.717) is 31.0 Å². The van der Waals surface area contributed by atoms with Crippen molar-refractivity contribution in [1.29, 1.82) is 0 Å². The lowest BCUT2D eigenvalue weighted by molar-refractivity contribution is -0.0296. The molecule has 0 unspecified atom stereocenters. The van der Waals surface area contributed by atoms with E-state index in [4.69, 9.17) is 9.84 Å². The molecule has 1 amide bonds. The summed E-state index contributed by atoms with van der Waals surface area (Å²) in [5.74, 6) is 0.508. The first-order valence-electron chi connectivity index (χ1n) is 9.61. The summed E-state index contributed by atoms with van der Waals surface area (Å²) in [7, 11) is 1.58. The second-order valence-electron chi connectivity index (χ2n) is 8.78. The van der Waals surface area contributed by atoms with Crippen LogP contribution in [0.2, 0.25) is 0 Å². The zero-order chi connectivity index (χ0) is 18.8. The lowest BCUT2D eigenvalue weighted by Gasteiger charge is -2.37. The van der Waals surface area contributed by atoms with Crippen LogP contribution in [0.25, 0.3) is 0 Å². The van der Waals surface area contributed by atoms with Gasteiger partial charge in [0.15, 0.2) is 0 Å². The molecule has 26 heavy (non-hydrogen) atoms. The molecule has 2 aliphatic rings. The third kappa shape index (κ3) is 4.38. The quantitative estimate of drug-likeness (QED) is 0.675. The average molecular weight is 364 g/mol. The average Bonchev–Trinajstić information content (AvgIpc) is 3.16. The number of aromatic nitrogens is 2.